The van der Waals surface area contributed by atoms with Crippen molar-refractivity contribution in [2.24, 2.45) is 0 Å². The Morgan fingerprint density at radius 1 is 1.13 bits per heavy atom. The van der Waals surface area contributed by atoms with Gasteiger partial charge in [-0.25, -0.2) is 14.4 Å². The third kappa shape index (κ3) is 4.78. The van der Waals surface area contributed by atoms with E-state index < -0.39 is 5.82 Å². The van der Waals surface area contributed by atoms with Gasteiger partial charge in [0.05, 0.1) is 34.7 Å². The number of anilines is 2. The highest BCUT2D eigenvalue weighted by atomic mass is 19.1. The monoisotopic (exact) mass is 528 g/mol. The maximum absolute atomic E-state index is 16.0. The van der Waals surface area contributed by atoms with Crippen LogP contribution in [0.4, 0.5) is 15.8 Å². The average molecular weight is 529 g/mol. The summed E-state index contributed by atoms with van der Waals surface area (Å²) < 4.78 is 16.0. The standard InChI is InChI=1S/C27H29FN10O/c1-3-4-5-20(39)32-17-12-16(13-29-14-17)23-22(28)21-18(15-31-23)35-36-25(21)27-33-24-19(6-7-30-26(24)34-27)38-10-8-37(2)9-11-38/h6-7,12-15H,3-5,8-11H2,1-2H3,(H,32,39)(H,35,36)(H,30,33,34). The highest BCUT2D eigenvalue weighted by Gasteiger charge is 2.23. The van der Waals surface area contributed by atoms with Gasteiger partial charge in [-0.05, 0) is 25.6 Å². The number of carbonyl (C=O) groups excluding carboxylic acids is 1. The fourth-order valence-corrected chi connectivity index (χ4v) is 4.87. The Balaban J connectivity index is 1.37. The molecule has 0 aromatic carbocycles. The average Bonchev–Trinajstić information content (AvgIpc) is 3.57. The van der Waals surface area contributed by atoms with Crippen molar-refractivity contribution < 1.29 is 9.18 Å². The molecule has 11 nitrogen and oxygen atoms in total. The largest absolute Gasteiger partial charge is 0.367 e. The Morgan fingerprint density at radius 2 is 1.97 bits per heavy atom. The Labute approximate surface area is 223 Å². The predicted octanol–water partition coefficient (Wildman–Crippen LogP) is 3.98. The smallest absolute Gasteiger partial charge is 0.224 e. The van der Waals surface area contributed by atoms with E-state index in [1.54, 1.807) is 12.3 Å². The lowest BCUT2D eigenvalue weighted by atomic mass is 10.1. The van der Waals surface area contributed by atoms with Gasteiger partial charge >= 0.3 is 0 Å². The summed E-state index contributed by atoms with van der Waals surface area (Å²) in [6.45, 7) is 5.75. The summed E-state index contributed by atoms with van der Waals surface area (Å²) in [4.78, 5) is 37.7. The molecule has 6 heterocycles. The first kappa shape index (κ1) is 24.9. The molecule has 1 fully saturated rings. The van der Waals surface area contributed by atoms with Crippen LogP contribution < -0.4 is 10.2 Å². The van der Waals surface area contributed by atoms with Gasteiger partial charge in [-0.3, -0.25) is 19.9 Å². The highest BCUT2D eigenvalue weighted by Crippen LogP contribution is 2.34. The van der Waals surface area contributed by atoms with Crippen molar-refractivity contribution in [3.05, 3.63) is 42.7 Å². The van der Waals surface area contributed by atoms with Crippen molar-refractivity contribution in [2.45, 2.75) is 26.2 Å². The molecule has 0 spiro atoms. The zero-order chi connectivity index (χ0) is 26.9. The summed E-state index contributed by atoms with van der Waals surface area (Å²) in [6.07, 6.45) is 8.47. The Bertz CT molecular complexity index is 1650. The van der Waals surface area contributed by atoms with Crippen molar-refractivity contribution in [1.29, 1.82) is 0 Å². The number of likely N-dealkylation sites (N-methyl/N-ethyl adjacent to an activating group) is 1. The predicted molar refractivity (Wildman–Crippen MR) is 148 cm³/mol. The van der Waals surface area contributed by atoms with Crippen LogP contribution in [0.25, 0.3) is 44.8 Å². The normalized spacial score (nSPS) is 14.4. The van der Waals surface area contributed by atoms with E-state index in [1.807, 2.05) is 13.0 Å². The molecule has 1 amide bonds. The van der Waals surface area contributed by atoms with Crippen LogP contribution in [0.3, 0.4) is 0 Å². The number of imidazole rings is 1. The number of pyridine rings is 3. The van der Waals surface area contributed by atoms with Crippen molar-refractivity contribution >= 4 is 39.3 Å². The van der Waals surface area contributed by atoms with Crippen LogP contribution >= 0.6 is 0 Å². The number of piperazine rings is 1. The second-order valence-electron chi connectivity index (χ2n) is 9.80. The summed E-state index contributed by atoms with van der Waals surface area (Å²) in [5, 5.41) is 10.3. The number of hydrogen-bond acceptors (Lipinski definition) is 8. The van der Waals surface area contributed by atoms with E-state index in [9.17, 15) is 4.79 Å². The number of nitrogens with one attached hydrogen (secondary N) is 3. The molecule has 39 heavy (non-hydrogen) atoms. The molecule has 0 atom stereocenters. The molecule has 200 valence electrons. The van der Waals surface area contributed by atoms with Crippen LogP contribution in [-0.4, -0.2) is 79.2 Å². The summed E-state index contributed by atoms with van der Waals surface area (Å²) in [5.41, 5.74) is 4.16. The summed E-state index contributed by atoms with van der Waals surface area (Å²) in [7, 11) is 2.12. The summed E-state index contributed by atoms with van der Waals surface area (Å²) in [5.74, 6) is -0.247. The highest BCUT2D eigenvalue weighted by molar-refractivity contribution is 5.97. The molecule has 0 aliphatic carbocycles. The van der Waals surface area contributed by atoms with Gasteiger partial charge in [0.1, 0.15) is 16.9 Å². The number of unbranched alkanes of at least 4 members (excludes halogenated alkanes) is 1. The molecule has 1 aliphatic rings. The molecule has 12 heteroatoms. The minimum atomic E-state index is -0.555. The number of fused-ring (bicyclic) bond motifs is 2. The van der Waals surface area contributed by atoms with E-state index in [0.29, 0.717) is 40.4 Å². The molecule has 0 saturated carbocycles. The number of halogens is 1. The third-order valence-electron chi connectivity index (χ3n) is 7.04. The van der Waals surface area contributed by atoms with Gasteiger partial charge in [-0.15, -0.1) is 0 Å². The maximum Gasteiger partial charge on any atom is 0.224 e. The number of H-pyrrole nitrogens is 2. The van der Waals surface area contributed by atoms with Crippen LogP contribution in [0.15, 0.2) is 36.9 Å². The Kier molecular flexibility index (Phi) is 6.61. The van der Waals surface area contributed by atoms with Gasteiger partial charge in [-0.1, -0.05) is 13.3 Å². The number of hydrogen-bond donors (Lipinski definition) is 3. The van der Waals surface area contributed by atoms with Crippen LogP contribution in [-0.2, 0) is 4.79 Å². The molecule has 3 N–H and O–H groups in total. The number of rotatable bonds is 7. The van der Waals surface area contributed by atoms with Crippen molar-refractivity contribution in [3.63, 3.8) is 0 Å². The first-order valence-electron chi connectivity index (χ1n) is 13.1. The first-order valence-corrected chi connectivity index (χ1v) is 13.1. The van der Waals surface area contributed by atoms with Crippen molar-refractivity contribution in [3.8, 4) is 22.8 Å². The summed E-state index contributed by atoms with van der Waals surface area (Å²) >= 11 is 0. The van der Waals surface area contributed by atoms with E-state index in [4.69, 9.17) is 0 Å². The number of aromatic amines is 2. The van der Waals surface area contributed by atoms with Crippen LogP contribution in [0, 0.1) is 5.82 Å². The molecular formula is C27H29FN10O. The topological polar surface area (TPSA) is 132 Å². The van der Waals surface area contributed by atoms with E-state index in [2.05, 4.69) is 57.3 Å². The lowest BCUT2D eigenvalue weighted by Gasteiger charge is -2.34. The zero-order valence-corrected chi connectivity index (χ0v) is 21.8. The van der Waals surface area contributed by atoms with Crippen LogP contribution in [0.5, 0.6) is 0 Å². The number of nitrogens with zero attached hydrogens (tertiary/aromatic N) is 7. The Morgan fingerprint density at radius 3 is 2.79 bits per heavy atom. The van der Waals surface area contributed by atoms with E-state index in [0.717, 1.165) is 50.2 Å². The molecule has 0 unspecified atom stereocenters. The van der Waals surface area contributed by atoms with Gasteiger partial charge in [0, 0.05) is 50.6 Å². The van der Waals surface area contributed by atoms with Crippen LogP contribution in [0.1, 0.15) is 26.2 Å². The van der Waals surface area contributed by atoms with Gasteiger partial charge in [0.15, 0.2) is 17.3 Å². The number of aromatic nitrogens is 7. The summed E-state index contributed by atoms with van der Waals surface area (Å²) in [6, 6.07) is 3.64. The van der Waals surface area contributed by atoms with Gasteiger partial charge in [-0.2, -0.15) is 5.10 Å². The van der Waals surface area contributed by atoms with Crippen molar-refractivity contribution in [1.82, 2.24) is 40.0 Å². The lowest BCUT2D eigenvalue weighted by Crippen LogP contribution is -2.44. The second-order valence-corrected chi connectivity index (χ2v) is 9.80. The van der Waals surface area contributed by atoms with Gasteiger partial charge < -0.3 is 20.1 Å². The molecule has 1 aliphatic heterocycles. The maximum atomic E-state index is 16.0. The molecular weight excluding hydrogens is 499 g/mol. The molecule has 1 saturated heterocycles. The van der Waals surface area contributed by atoms with Crippen molar-refractivity contribution in [2.75, 3.05) is 43.4 Å². The van der Waals surface area contributed by atoms with E-state index in [-0.39, 0.29) is 17.0 Å². The molecule has 5 aromatic rings. The molecule has 0 bridgehead atoms. The minimum absolute atomic E-state index is 0.105. The Hall–Kier alpha value is -4.45. The molecule has 6 rings (SSSR count). The van der Waals surface area contributed by atoms with Gasteiger partial charge in [0.25, 0.3) is 0 Å². The fraction of sp³-hybridized carbons (Fsp3) is 0.333. The van der Waals surface area contributed by atoms with Gasteiger partial charge in [0.2, 0.25) is 5.91 Å². The number of amides is 1. The third-order valence-corrected chi connectivity index (χ3v) is 7.04. The fourth-order valence-electron chi connectivity index (χ4n) is 4.87. The SMILES string of the molecule is CCCCC(=O)Nc1cncc(-c2ncc3[nH]nc(-c4nc5nccc(N6CCN(C)CC6)c5[nH]4)c3c2F)c1. The van der Waals surface area contributed by atoms with Crippen LogP contribution in [0.2, 0.25) is 0 Å². The quantitative estimate of drug-likeness (QED) is 0.289. The molecule has 0 radical (unpaired) electrons. The lowest BCUT2D eigenvalue weighted by molar-refractivity contribution is -0.116. The molecule has 5 aromatic heterocycles. The number of carbonyl (C=O) groups is 1. The second kappa shape index (κ2) is 10.4. The van der Waals surface area contributed by atoms with E-state index >= 15 is 4.39 Å². The van der Waals surface area contributed by atoms with E-state index in [1.165, 1.54) is 18.6 Å². The zero-order valence-electron chi connectivity index (χ0n) is 21.8. The first-order chi connectivity index (χ1) is 19.0. The minimum Gasteiger partial charge on any atom is -0.367 e.